The first-order valence-corrected chi connectivity index (χ1v) is 16.3. The molecule has 1 aliphatic rings. The molecular weight excluding hydrogens is 542 g/mol. The van der Waals surface area contributed by atoms with Crippen LogP contribution in [0, 0.1) is 12.8 Å². The van der Waals surface area contributed by atoms with Gasteiger partial charge >= 0.3 is 0 Å². The van der Waals surface area contributed by atoms with Gasteiger partial charge in [0.05, 0.1) is 0 Å². The van der Waals surface area contributed by atoms with Crippen LogP contribution in [-0.4, -0.2) is 7.05 Å². The first-order chi connectivity index (χ1) is 21.9. The van der Waals surface area contributed by atoms with Crippen LogP contribution in [-0.2, 0) is 12.8 Å². The van der Waals surface area contributed by atoms with E-state index in [0.717, 1.165) is 0 Å². The van der Waals surface area contributed by atoms with Gasteiger partial charge in [0.25, 0.3) is 0 Å². The van der Waals surface area contributed by atoms with E-state index >= 15 is 0 Å². The predicted octanol–water partition coefficient (Wildman–Crippen LogP) is 11.7. The van der Waals surface area contributed by atoms with E-state index < -0.39 is 0 Å². The van der Waals surface area contributed by atoms with Crippen LogP contribution < -0.4 is 4.90 Å². The van der Waals surface area contributed by atoms with E-state index in [9.17, 15) is 0 Å². The van der Waals surface area contributed by atoms with Crippen molar-refractivity contribution in [3.63, 3.8) is 0 Å². The Kier molecular flexibility index (Phi) is 7.86. The first-order valence-electron chi connectivity index (χ1n) is 16.3. The maximum Gasteiger partial charge on any atom is 0.0408 e. The highest BCUT2D eigenvalue weighted by molar-refractivity contribution is 5.73. The quantitative estimate of drug-likeness (QED) is 0.172. The fourth-order valence-electron chi connectivity index (χ4n) is 6.75. The number of hydrogen-bond acceptors (Lipinski definition) is 1. The molecule has 0 aromatic heterocycles. The standard InChI is InChI=1S/C44H41N/c1-30(2)44(38-15-9-33(10-16-38)32-7-5-31(3)6-8-32)39-17-11-34(12-18-39)35-21-25-42(26-22-35)45(4)43-27-23-37(24-28-43)41-20-14-36-13-19-40(36)29-41/h5-12,14-18,20-30,44H,13,19H2,1-4H3. The second-order valence-corrected chi connectivity index (χ2v) is 13.0. The molecule has 1 aliphatic carbocycles. The van der Waals surface area contributed by atoms with Gasteiger partial charge in [-0.1, -0.05) is 135 Å². The van der Waals surface area contributed by atoms with Gasteiger partial charge in [-0.2, -0.15) is 0 Å². The molecule has 1 heteroatoms. The minimum atomic E-state index is 0.353. The summed E-state index contributed by atoms with van der Waals surface area (Å²) in [6, 6.07) is 51.9. The number of anilines is 2. The van der Waals surface area contributed by atoms with Crippen LogP contribution in [0.25, 0.3) is 33.4 Å². The predicted molar refractivity (Wildman–Crippen MR) is 193 cm³/mol. The molecule has 1 nitrogen and oxygen atoms in total. The summed E-state index contributed by atoms with van der Waals surface area (Å²) in [6.07, 6.45) is 2.44. The number of benzene rings is 6. The summed E-state index contributed by atoms with van der Waals surface area (Å²) in [4.78, 5) is 2.26. The van der Waals surface area contributed by atoms with Crippen molar-refractivity contribution >= 4 is 11.4 Å². The number of fused-ring (bicyclic) bond motifs is 1. The topological polar surface area (TPSA) is 3.24 Å². The molecule has 6 aromatic carbocycles. The van der Waals surface area contributed by atoms with Crippen LogP contribution in [0.1, 0.15) is 47.6 Å². The monoisotopic (exact) mass is 583 g/mol. The minimum Gasteiger partial charge on any atom is -0.345 e. The van der Waals surface area contributed by atoms with Crippen molar-refractivity contribution in [1.29, 1.82) is 0 Å². The number of rotatable bonds is 8. The van der Waals surface area contributed by atoms with Gasteiger partial charge in [0.2, 0.25) is 0 Å². The molecule has 0 bridgehead atoms. The highest BCUT2D eigenvalue weighted by atomic mass is 15.1. The van der Waals surface area contributed by atoms with Crippen LogP contribution in [0.5, 0.6) is 0 Å². The van der Waals surface area contributed by atoms with E-state index in [1.807, 2.05) is 0 Å². The lowest BCUT2D eigenvalue weighted by molar-refractivity contribution is 0.564. The number of aryl methyl sites for hydroxylation is 3. The molecule has 222 valence electrons. The Hall–Kier alpha value is -4.88. The van der Waals surface area contributed by atoms with Gasteiger partial charge in [0.15, 0.2) is 0 Å². The summed E-state index contributed by atoms with van der Waals surface area (Å²) in [6.45, 7) is 6.77. The third-order valence-electron chi connectivity index (χ3n) is 9.64. The second kappa shape index (κ2) is 12.3. The fourth-order valence-corrected chi connectivity index (χ4v) is 6.75. The molecule has 0 saturated carbocycles. The Labute approximate surface area is 268 Å². The normalized spacial score (nSPS) is 12.8. The molecule has 45 heavy (non-hydrogen) atoms. The lowest BCUT2D eigenvalue weighted by atomic mass is 9.81. The van der Waals surface area contributed by atoms with Crippen LogP contribution >= 0.6 is 0 Å². The zero-order valence-electron chi connectivity index (χ0n) is 26.8. The van der Waals surface area contributed by atoms with E-state index in [4.69, 9.17) is 0 Å². The van der Waals surface area contributed by atoms with E-state index in [1.165, 1.54) is 85.4 Å². The number of nitrogens with zero attached hydrogens (tertiary/aromatic N) is 1. The van der Waals surface area contributed by atoms with Crippen LogP contribution in [0.2, 0.25) is 0 Å². The van der Waals surface area contributed by atoms with Crippen LogP contribution in [0.15, 0.2) is 140 Å². The van der Waals surface area contributed by atoms with Crippen LogP contribution in [0.4, 0.5) is 11.4 Å². The molecule has 0 fully saturated rings. The van der Waals surface area contributed by atoms with Gasteiger partial charge in [-0.15, -0.1) is 0 Å². The van der Waals surface area contributed by atoms with E-state index in [0.29, 0.717) is 11.8 Å². The Morgan fingerprint density at radius 2 is 0.822 bits per heavy atom. The third-order valence-corrected chi connectivity index (χ3v) is 9.64. The summed E-state index contributed by atoms with van der Waals surface area (Å²) < 4.78 is 0. The van der Waals surface area contributed by atoms with E-state index in [-0.39, 0.29) is 0 Å². The average Bonchev–Trinajstić information content (AvgIpc) is 3.06. The lowest BCUT2D eigenvalue weighted by Crippen LogP contribution is -2.09. The smallest absolute Gasteiger partial charge is 0.0408 e. The average molecular weight is 584 g/mol. The maximum absolute atomic E-state index is 2.36. The molecule has 1 unspecified atom stereocenters. The number of hydrogen-bond donors (Lipinski definition) is 0. The molecule has 0 radical (unpaired) electrons. The fraction of sp³-hybridized carbons (Fsp3) is 0.182. The molecule has 0 heterocycles. The van der Waals surface area contributed by atoms with Gasteiger partial charge in [-0.05, 0) is 106 Å². The SMILES string of the molecule is Cc1ccc(-c2ccc(C(c3ccc(-c4ccc(N(C)c5ccc(-c6ccc7c(c6)CC7)cc5)cc4)cc3)C(C)C)cc2)cc1. The first kappa shape index (κ1) is 28.9. The Balaban J connectivity index is 1.04. The highest BCUT2D eigenvalue weighted by Gasteiger charge is 2.19. The molecular formula is C44H41N. The highest BCUT2D eigenvalue weighted by Crippen LogP contribution is 2.36. The second-order valence-electron chi connectivity index (χ2n) is 13.0. The summed E-state index contributed by atoms with van der Waals surface area (Å²) in [7, 11) is 2.14. The summed E-state index contributed by atoms with van der Waals surface area (Å²) >= 11 is 0. The summed E-state index contributed by atoms with van der Waals surface area (Å²) in [5, 5.41) is 0. The Bertz CT molecular complexity index is 1890. The van der Waals surface area contributed by atoms with E-state index in [1.54, 1.807) is 0 Å². The molecule has 0 N–H and O–H groups in total. The van der Waals surface area contributed by atoms with Crippen molar-refractivity contribution in [1.82, 2.24) is 0 Å². The van der Waals surface area contributed by atoms with Crippen molar-refractivity contribution in [2.75, 3.05) is 11.9 Å². The van der Waals surface area contributed by atoms with Gasteiger partial charge in [-0.3, -0.25) is 0 Å². The van der Waals surface area contributed by atoms with Gasteiger partial charge in [0, 0.05) is 24.3 Å². The van der Waals surface area contributed by atoms with Crippen molar-refractivity contribution in [3.8, 4) is 33.4 Å². The molecule has 0 saturated heterocycles. The van der Waals surface area contributed by atoms with Gasteiger partial charge < -0.3 is 4.90 Å². The van der Waals surface area contributed by atoms with E-state index in [2.05, 4.69) is 172 Å². The van der Waals surface area contributed by atoms with Crippen molar-refractivity contribution < 1.29 is 0 Å². The third kappa shape index (κ3) is 5.96. The molecule has 1 atom stereocenters. The molecule has 0 amide bonds. The molecule has 7 rings (SSSR count). The zero-order chi connectivity index (χ0) is 30.9. The molecule has 0 spiro atoms. The van der Waals surface area contributed by atoms with Crippen LogP contribution in [0.3, 0.4) is 0 Å². The van der Waals surface area contributed by atoms with Crippen molar-refractivity contribution in [2.45, 2.75) is 39.5 Å². The van der Waals surface area contributed by atoms with Gasteiger partial charge in [-0.25, -0.2) is 0 Å². The summed E-state index contributed by atoms with van der Waals surface area (Å²) in [5.74, 6) is 0.848. The zero-order valence-corrected chi connectivity index (χ0v) is 26.8. The Morgan fingerprint density at radius 1 is 0.444 bits per heavy atom. The lowest BCUT2D eigenvalue weighted by Gasteiger charge is -2.23. The Morgan fingerprint density at radius 3 is 1.22 bits per heavy atom. The van der Waals surface area contributed by atoms with Gasteiger partial charge in [0.1, 0.15) is 0 Å². The molecule has 6 aromatic rings. The van der Waals surface area contributed by atoms with Crippen molar-refractivity contribution in [2.24, 2.45) is 5.92 Å². The summed E-state index contributed by atoms with van der Waals surface area (Å²) in [5.41, 5.74) is 17.0. The maximum atomic E-state index is 2.36. The van der Waals surface area contributed by atoms with Crippen molar-refractivity contribution in [3.05, 3.63) is 167 Å². The molecule has 0 aliphatic heterocycles. The minimum absolute atomic E-state index is 0.353. The largest absolute Gasteiger partial charge is 0.345 e.